The van der Waals surface area contributed by atoms with Gasteiger partial charge in [-0.25, -0.2) is 4.79 Å². The molecule has 0 radical (unpaired) electrons. The zero-order valence-electron chi connectivity index (χ0n) is 25.2. The van der Waals surface area contributed by atoms with E-state index in [4.69, 9.17) is 14.2 Å². The van der Waals surface area contributed by atoms with Crippen LogP contribution in [0.3, 0.4) is 0 Å². The highest BCUT2D eigenvalue weighted by molar-refractivity contribution is 6.27. The van der Waals surface area contributed by atoms with Gasteiger partial charge in [-0.3, -0.25) is 38.6 Å². The highest BCUT2D eigenvalue weighted by Gasteiger charge is 2.77. The van der Waals surface area contributed by atoms with Crippen LogP contribution < -0.4 is 19.3 Å². The van der Waals surface area contributed by atoms with Crippen molar-refractivity contribution in [3.8, 4) is 11.5 Å². The van der Waals surface area contributed by atoms with Crippen molar-refractivity contribution >= 4 is 52.9 Å². The first-order chi connectivity index (χ1) is 21.3. The van der Waals surface area contributed by atoms with E-state index in [0.717, 1.165) is 9.80 Å². The number of carbonyl (C=O) groups excluding carboxylic acids is 7. The molecule has 3 aliphatic carbocycles. The molecule has 3 unspecified atom stereocenters. The van der Waals surface area contributed by atoms with Gasteiger partial charge in [-0.15, -0.1) is 0 Å². The van der Waals surface area contributed by atoms with Crippen LogP contribution in [0.5, 0.6) is 11.5 Å². The van der Waals surface area contributed by atoms with Crippen molar-refractivity contribution in [2.75, 3.05) is 16.4 Å². The maximum absolute atomic E-state index is 14.3. The Morgan fingerprint density at radius 2 is 1.09 bits per heavy atom. The van der Waals surface area contributed by atoms with Crippen molar-refractivity contribution in [2.45, 2.75) is 34.6 Å². The highest BCUT2D eigenvalue weighted by atomic mass is 16.5. The average molecular weight is 615 g/mol. The molecule has 2 aromatic rings. The Hall–Kier alpha value is -5.13. The third kappa shape index (κ3) is 4.22. The van der Waals surface area contributed by atoms with Gasteiger partial charge in [0, 0.05) is 30.8 Å². The second-order valence-electron chi connectivity index (χ2n) is 11.8. The SMILES string of the molecule is CCOC(=O)C1=C(C)C2[C@@H]3C(=O)N(c4ccc(OC(C)=O)cc4)C(=O)C3C1(C)[C@@H]1C(=O)N(c3ccc(OC(C)=O)cc3)C(=O)[C@H]21. The second kappa shape index (κ2) is 10.5. The lowest BCUT2D eigenvalue weighted by atomic mass is 9.43. The molecule has 6 atom stereocenters. The predicted octanol–water partition coefficient (Wildman–Crippen LogP) is 2.98. The van der Waals surface area contributed by atoms with Crippen LogP contribution >= 0.6 is 0 Å². The van der Waals surface area contributed by atoms with Gasteiger partial charge in [-0.2, -0.15) is 0 Å². The van der Waals surface area contributed by atoms with Gasteiger partial charge in [0.25, 0.3) is 0 Å². The third-order valence-electron chi connectivity index (χ3n) is 9.39. The molecule has 12 heteroatoms. The summed E-state index contributed by atoms with van der Waals surface area (Å²) in [6.07, 6.45) is 0. The fourth-order valence-electron chi connectivity index (χ4n) is 7.98. The number of imide groups is 2. The normalized spacial score (nSPS) is 28.3. The number of ether oxygens (including phenoxy) is 3. The predicted molar refractivity (Wildman–Crippen MR) is 155 cm³/mol. The van der Waals surface area contributed by atoms with Gasteiger partial charge in [-0.1, -0.05) is 12.5 Å². The molecule has 12 nitrogen and oxygen atoms in total. The van der Waals surface area contributed by atoms with E-state index >= 15 is 0 Å². The van der Waals surface area contributed by atoms with Crippen LogP contribution in [-0.2, 0) is 38.3 Å². The molecule has 0 aromatic heterocycles. The minimum Gasteiger partial charge on any atom is -0.463 e. The summed E-state index contributed by atoms with van der Waals surface area (Å²) in [6, 6.07) is 11.7. The summed E-state index contributed by atoms with van der Waals surface area (Å²) in [7, 11) is 0. The topological polar surface area (TPSA) is 154 Å². The van der Waals surface area contributed by atoms with Crippen molar-refractivity contribution < 1.29 is 47.8 Å². The molecular weight excluding hydrogens is 584 g/mol. The first-order valence-corrected chi connectivity index (χ1v) is 14.5. The largest absolute Gasteiger partial charge is 0.463 e. The van der Waals surface area contributed by atoms with Crippen molar-refractivity contribution in [3.63, 3.8) is 0 Å². The first-order valence-electron chi connectivity index (χ1n) is 14.5. The van der Waals surface area contributed by atoms with Crippen LogP contribution in [0.2, 0.25) is 0 Å². The van der Waals surface area contributed by atoms with Crippen molar-refractivity contribution in [1.29, 1.82) is 0 Å². The lowest BCUT2D eigenvalue weighted by Crippen LogP contribution is -2.61. The summed E-state index contributed by atoms with van der Waals surface area (Å²) in [6.45, 7) is 7.43. The zero-order chi connectivity index (χ0) is 32.5. The van der Waals surface area contributed by atoms with Gasteiger partial charge < -0.3 is 14.2 Å². The Morgan fingerprint density at radius 1 is 0.689 bits per heavy atom. The molecule has 45 heavy (non-hydrogen) atoms. The standard InChI is InChI=1S/C33H30N2O10/c1-6-43-32(42)25-15(2)22-23-26(30(40)34(28(23)38)18-7-11-20(12-8-18)44-16(3)36)33(25,5)27-24(22)29(39)35(31(27)41)19-9-13-21(14-10-19)45-17(4)37/h7-14,22-24,26-27H,6H2,1-5H3/t22?,23-,24+,26+,27?,33?/m1/s1. The van der Waals surface area contributed by atoms with Gasteiger partial charge >= 0.3 is 17.9 Å². The van der Waals surface area contributed by atoms with E-state index in [0.29, 0.717) is 5.57 Å². The van der Waals surface area contributed by atoms with Crippen LogP contribution in [0.4, 0.5) is 11.4 Å². The number of anilines is 2. The van der Waals surface area contributed by atoms with E-state index in [-0.39, 0.29) is 35.1 Å². The summed E-state index contributed by atoms with van der Waals surface area (Å²) in [5.74, 6) is -8.83. The summed E-state index contributed by atoms with van der Waals surface area (Å²) in [4.78, 5) is 95.2. The van der Waals surface area contributed by atoms with E-state index in [9.17, 15) is 33.6 Å². The number of amides is 4. The molecule has 232 valence electrons. The second-order valence-corrected chi connectivity index (χ2v) is 11.8. The van der Waals surface area contributed by atoms with E-state index in [1.54, 1.807) is 20.8 Å². The molecule has 2 aromatic carbocycles. The number of esters is 3. The van der Waals surface area contributed by atoms with E-state index in [1.165, 1.54) is 62.4 Å². The highest BCUT2D eigenvalue weighted by Crippen LogP contribution is 2.68. The Kier molecular flexibility index (Phi) is 6.98. The van der Waals surface area contributed by atoms with Gasteiger partial charge in [0.1, 0.15) is 11.5 Å². The molecule has 2 heterocycles. The lowest BCUT2D eigenvalue weighted by Gasteiger charge is -2.55. The first kappa shape index (κ1) is 29.9. The smallest absolute Gasteiger partial charge is 0.334 e. The molecule has 0 N–H and O–H groups in total. The number of rotatable bonds is 6. The molecule has 5 aliphatic rings. The van der Waals surface area contributed by atoms with E-state index in [1.807, 2.05) is 0 Å². The number of hydrogen-bond acceptors (Lipinski definition) is 10. The Labute approximate surface area is 257 Å². The van der Waals surface area contributed by atoms with Gasteiger partial charge in [-0.05, 0) is 62.4 Å². The maximum Gasteiger partial charge on any atom is 0.334 e. The van der Waals surface area contributed by atoms with Gasteiger partial charge in [0.15, 0.2) is 0 Å². The lowest BCUT2D eigenvalue weighted by molar-refractivity contribution is -0.155. The summed E-state index contributed by atoms with van der Waals surface area (Å²) in [5, 5.41) is 0. The fraction of sp³-hybridized carbons (Fsp3) is 0.364. The van der Waals surface area contributed by atoms with Crippen molar-refractivity contribution in [3.05, 3.63) is 59.7 Å². The Bertz CT molecular complexity index is 1620. The van der Waals surface area contributed by atoms with Crippen LogP contribution in [0, 0.1) is 35.0 Å². The molecule has 2 aliphatic heterocycles. The number of allylic oxidation sites excluding steroid dienone is 1. The minimum absolute atomic E-state index is 0.0416. The molecule has 1 saturated carbocycles. The summed E-state index contributed by atoms with van der Waals surface area (Å²) < 4.78 is 15.6. The van der Waals surface area contributed by atoms with Crippen LogP contribution in [0.15, 0.2) is 59.7 Å². The van der Waals surface area contributed by atoms with E-state index in [2.05, 4.69) is 0 Å². The van der Waals surface area contributed by atoms with Crippen molar-refractivity contribution in [1.82, 2.24) is 0 Å². The third-order valence-corrected chi connectivity index (χ3v) is 9.39. The Balaban J connectivity index is 1.45. The minimum atomic E-state index is -1.56. The molecule has 0 spiro atoms. The van der Waals surface area contributed by atoms with Gasteiger partial charge in [0.05, 0.1) is 41.7 Å². The molecule has 4 amide bonds. The Morgan fingerprint density at radius 3 is 1.44 bits per heavy atom. The summed E-state index contributed by atoms with van der Waals surface area (Å²) in [5.41, 5.74) is -0.520. The number of carbonyl (C=O) groups is 7. The van der Waals surface area contributed by atoms with Crippen LogP contribution in [-0.4, -0.2) is 48.1 Å². The fourth-order valence-corrected chi connectivity index (χ4v) is 7.98. The quantitative estimate of drug-likeness (QED) is 0.270. The number of nitrogens with zero attached hydrogens (tertiary/aromatic N) is 2. The van der Waals surface area contributed by atoms with E-state index < -0.39 is 76.5 Å². The van der Waals surface area contributed by atoms with Crippen LogP contribution in [0.1, 0.15) is 34.6 Å². The van der Waals surface area contributed by atoms with Gasteiger partial charge in [0.2, 0.25) is 23.6 Å². The molecule has 2 bridgehead atoms. The zero-order valence-corrected chi connectivity index (χ0v) is 25.2. The number of benzene rings is 2. The maximum atomic E-state index is 14.3. The molecule has 2 saturated heterocycles. The molecule has 7 rings (SSSR count). The molecular formula is C33H30N2O10. The summed E-state index contributed by atoms with van der Waals surface area (Å²) >= 11 is 0. The van der Waals surface area contributed by atoms with Crippen LogP contribution in [0.25, 0.3) is 0 Å². The number of hydrogen-bond donors (Lipinski definition) is 0. The van der Waals surface area contributed by atoms with Crippen molar-refractivity contribution in [2.24, 2.45) is 35.0 Å². The average Bonchev–Trinajstić information content (AvgIpc) is 3.39. The monoisotopic (exact) mass is 614 g/mol. The molecule has 3 fully saturated rings.